The van der Waals surface area contributed by atoms with Gasteiger partial charge in [0.15, 0.2) is 0 Å². The molecule has 0 saturated carbocycles. The quantitative estimate of drug-likeness (QED) is 0.0550. The maximum Gasteiger partial charge on any atom is 0.408 e. The fourth-order valence-electron chi connectivity index (χ4n) is 9.68. The lowest BCUT2D eigenvalue weighted by Gasteiger charge is -2.36. The molecule has 2 aliphatic rings. The van der Waals surface area contributed by atoms with Crippen molar-refractivity contribution in [1.29, 1.82) is 0 Å². The number of amides is 4. The molecule has 4 amide bonds. The normalized spacial score (nSPS) is 20.1. The Morgan fingerprint density at radius 2 is 0.899 bits per heavy atom. The molecule has 2 heterocycles. The Morgan fingerprint density at radius 1 is 0.570 bits per heavy atom. The zero-order chi connectivity index (χ0) is 58.7. The van der Waals surface area contributed by atoms with E-state index in [0.717, 1.165) is 33.4 Å². The number of esters is 1. The summed E-state index contributed by atoms with van der Waals surface area (Å²) in [7, 11) is 1.33. The van der Waals surface area contributed by atoms with Gasteiger partial charge in [0, 0.05) is 24.6 Å². The predicted octanol–water partition coefficient (Wildman–Crippen LogP) is 12.3. The van der Waals surface area contributed by atoms with Crippen LogP contribution in [0.15, 0.2) is 135 Å². The molecule has 2 fully saturated rings. The molecule has 0 spiro atoms. The molecule has 0 radical (unpaired) electrons. The van der Waals surface area contributed by atoms with Crippen molar-refractivity contribution in [3.05, 3.63) is 146 Å². The maximum absolute atomic E-state index is 14.2. The van der Waals surface area contributed by atoms with E-state index in [-0.39, 0.29) is 25.4 Å². The summed E-state index contributed by atoms with van der Waals surface area (Å²) in [5, 5.41) is 15.7. The molecular weight excluding hydrogens is 1040 g/mol. The summed E-state index contributed by atoms with van der Waals surface area (Å²) in [5.41, 5.74) is 3.49. The third kappa shape index (κ3) is 16.8. The minimum absolute atomic E-state index is 0.189. The van der Waals surface area contributed by atoms with Crippen LogP contribution in [0.3, 0.4) is 0 Å². The monoisotopic (exact) mass is 1120 g/mol. The van der Waals surface area contributed by atoms with Crippen LogP contribution in [0.5, 0.6) is 0 Å². The number of rotatable bonds is 16. The largest absolute Gasteiger partial charge is 0.480 e. The number of benzene rings is 4. The Balaban J connectivity index is 0.000000291. The summed E-state index contributed by atoms with van der Waals surface area (Å²) in [6.07, 6.45) is 2.82. The number of carboxylic acids is 1. The molecule has 2 aliphatic heterocycles. The van der Waals surface area contributed by atoms with Crippen molar-refractivity contribution in [2.75, 3.05) is 31.7 Å². The number of likely N-dealkylation sites (tertiary alicyclic amines) is 2. The van der Waals surface area contributed by atoms with Crippen molar-refractivity contribution < 1.29 is 48.1 Å². The predicted molar refractivity (Wildman–Crippen MR) is 318 cm³/mol. The molecule has 14 nitrogen and oxygen atoms in total. The molecule has 6 rings (SSSR count). The smallest absolute Gasteiger partial charge is 0.408 e. The summed E-state index contributed by atoms with van der Waals surface area (Å²) in [5.74, 6) is -1.13. The van der Waals surface area contributed by atoms with Crippen LogP contribution in [-0.2, 0) is 42.9 Å². The molecule has 0 bridgehead atoms. The standard InChI is InChI=1S/C32H42N2O5S.C31H40N2O5S/c1-9-19-40-32(24-17-15-23(16-18-24)22-13-11-10-12-14-22)20-25(28(36)38-8)34(21-32)27(35)26(30(2,3)4)33-29(37)39-31(5,6)7;1-8-18-39-31(23-16-14-22(15-17-23)21-12-10-9-11-13-21)19-24(27(35)36)33(20-31)26(34)25(29(2,3)4)32-28(37)38-30(5,6)7/h9-18,25-26H,1,19-21H2,2-8H3,(H,33,37);8-17,24-25H,1,18-20H2,2-7H3,(H,32,37)(H,35,36)/t25-,26+,32-;24-,25+,31-/m00/s1. The van der Waals surface area contributed by atoms with Crippen LogP contribution in [0.2, 0.25) is 0 Å². The Morgan fingerprint density at radius 3 is 1.20 bits per heavy atom. The van der Waals surface area contributed by atoms with Crippen LogP contribution >= 0.6 is 23.5 Å². The van der Waals surface area contributed by atoms with Gasteiger partial charge in [-0.3, -0.25) is 9.59 Å². The molecule has 0 aliphatic carbocycles. The summed E-state index contributed by atoms with van der Waals surface area (Å²) >= 11 is 3.23. The molecule has 16 heteroatoms. The van der Waals surface area contributed by atoms with Crippen LogP contribution in [0.25, 0.3) is 22.3 Å². The average molecular weight is 1120 g/mol. The molecule has 6 atom stereocenters. The lowest BCUT2D eigenvalue weighted by Crippen LogP contribution is -2.57. The van der Waals surface area contributed by atoms with Crippen LogP contribution in [0, 0.1) is 10.8 Å². The molecule has 3 N–H and O–H groups in total. The second-order valence-electron chi connectivity index (χ2n) is 24.2. The van der Waals surface area contributed by atoms with Crippen molar-refractivity contribution in [3.8, 4) is 22.3 Å². The second-order valence-corrected chi connectivity index (χ2v) is 27.0. The molecule has 4 aromatic rings. The van der Waals surface area contributed by atoms with Gasteiger partial charge in [0.05, 0.1) is 16.6 Å². The average Bonchev–Trinajstić information content (AvgIpc) is 3.99. The van der Waals surface area contributed by atoms with Gasteiger partial charge in [0.2, 0.25) is 11.8 Å². The number of carbonyl (C=O) groups excluding carboxylic acids is 5. The highest BCUT2D eigenvalue weighted by molar-refractivity contribution is 8.00. The summed E-state index contributed by atoms with van der Waals surface area (Å²) in [4.78, 5) is 82.1. The Labute approximate surface area is 476 Å². The first-order valence-electron chi connectivity index (χ1n) is 26.6. The van der Waals surface area contributed by atoms with E-state index in [4.69, 9.17) is 14.2 Å². The Hall–Kier alpha value is -6.52. The van der Waals surface area contributed by atoms with Crippen LogP contribution in [0.4, 0.5) is 9.59 Å². The van der Waals surface area contributed by atoms with Crippen molar-refractivity contribution >= 4 is 59.5 Å². The summed E-state index contributed by atoms with van der Waals surface area (Å²) in [6, 6.07) is 32.8. The highest BCUT2D eigenvalue weighted by Crippen LogP contribution is 2.50. The molecule has 79 heavy (non-hydrogen) atoms. The molecule has 0 aromatic heterocycles. The first kappa shape index (κ1) is 63.3. The third-order valence-electron chi connectivity index (χ3n) is 13.5. The lowest BCUT2D eigenvalue weighted by molar-refractivity contribution is -0.152. The number of thioether (sulfide) groups is 2. The molecule has 0 unspecified atom stereocenters. The number of hydrogen-bond donors (Lipinski definition) is 3. The molecule has 4 aromatic carbocycles. The first-order valence-corrected chi connectivity index (χ1v) is 28.6. The highest BCUT2D eigenvalue weighted by atomic mass is 32.2. The number of methoxy groups -OCH3 is 1. The Bertz CT molecular complexity index is 2760. The van der Waals surface area contributed by atoms with E-state index in [9.17, 15) is 33.9 Å². The SMILES string of the molecule is C=CCS[C@@]1(c2ccc(-c3ccccc3)cc2)C[C@@H](C(=O)O)N(C(=O)[C@@H](NC(=O)OC(C)(C)C)C(C)(C)C)C1.C=CCS[C@@]1(c2ccc(-c3ccccc3)cc2)C[C@@H](C(=O)OC)N(C(=O)[C@@H](NC(=O)OC(C)(C)C)C(C)(C)C)C1. The minimum Gasteiger partial charge on any atom is -0.480 e. The van der Waals surface area contributed by atoms with E-state index in [1.165, 1.54) is 12.0 Å². The van der Waals surface area contributed by atoms with Gasteiger partial charge in [-0.2, -0.15) is 0 Å². The van der Waals surface area contributed by atoms with Crippen LogP contribution in [0.1, 0.15) is 107 Å². The van der Waals surface area contributed by atoms with Gasteiger partial charge >= 0.3 is 24.1 Å². The summed E-state index contributed by atoms with van der Waals surface area (Å²) in [6.45, 7) is 29.9. The fraction of sp³-hybridized carbons (Fsp3) is 0.460. The van der Waals surface area contributed by atoms with Gasteiger partial charge in [-0.15, -0.1) is 36.7 Å². The number of aliphatic carboxylic acids is 1. The van der Waals surface area contributed by atoms with Gasteiger partial charge in [-0.1, -0.05) is 163 Å². The molecule has 426 valence electrons. The number of hydrogen-bond acceptors (Lipinski definition) is 11. The minimum atomic E-state index is -1.07. The van der Waals surface area contributed by atoms with Gasteiger partial charge < -0.3 is 39.8 Å². The van der Waals surface area contributed by atoms with E-state index in [1.807, 2.05) is 120 Å². The van der Waals surface area contributed by atoms with Crippen molar-refractivity contribution in [2.24, 2.45) is 10.8 Å². The van der Waals surface area contributed by atoms with Gasteiger partial charge in [0.1, 0.15) is 35.4 Å². The lowest BCUT2D eigenvalue weighted by atomic mass is 9.85. The van der Waals surface area contributed by atoms with E-state index < -0.39 is 85.7 Å². The van der Waals surface area contributed by atoms with E-state index in [0.29, 0.717) is 17.9 Å². The van der Waals surface area contributed by atoms with Crippen molar-refractivity contribution in [1.82, 2.24) is 20.4 Å². The van der Waals surface area contributed by atoms with E-state index >= 15 is 0 Å². The highest BCUT2D eigenvalue weighted by Gasteiger charge is 2.54. The van der Waals surface area contributed by atoms with Crippen LogP contribution in [-0.4, -0.2) is 118 Å². The zero-order valence-corrected chi connectivity index (χ0v) is 50.0. The number of nitrogens with zero attached hydrogens (tertiary/aromatic N) is 2. The number of carboxylic acid groups (broad SMARTS) is 1. The summed E-state index contributed by atoms with van der Waals surface area (Å²) < 4.78 is 14.8. The van der Waals surface area contributed by atoms with Crippen molar-refractivity contribution in [2.45, 2.75) is 141 Å². The van der Waals surface area contributed by atoms with E-state index in [1.54, 1.807) is 76.0 Å². The van der Waals surface area contributed by atoms with E-state index in [2.05, 4.69) is 60.2 Å². The number of alkyl carbamates (subject to hydrolysis) is 2. The molecular formula is C63H82N4O10S2. The molecule has 2 saturated heterocycles. The van der Waals surface area contributed by atoms with Gasteiger partial charge in [-0.25, -0.2) is 19.2 Å². The van der Waals surface area contributed by atoms with Gasteiger partial charge in [0.25, 0.3) is 0 Å². The van der Waals surface area contributed by atoms with Gasteiger partial charge in [-0.05, 0) is 98.6 Å². The first-order chi connectivity index (χ1) is 36.9. The number of carbonyl (C=O) groups is 6. The second kappa shape index (κ2) is 26.2. The topological polar surface area (TPSA) is 181 Å². The van der Waals surface area contributed by atoms with Crippen LogP contribution < -0.4 is 10.6 Å². The van der Waals surface area contributed by atoms with Crippen molar-refractivity contribution in [3.63, 3.8) is 0 Å². The maximum atomic E-state index is 14.2. The number of ether oxygens (including phenoxy) is 3. The number of nitrogens with one attached hydrogen (secondary N) is 2. The third-order valence-corrected chi connectivity index (χ3v) is 16.5. The fourth-order valence-corrected chi connectivity index (χ4v) is 12.2. The Kier molecular flexibility index (Phi) is 21.0. The zero-order valence-electron chi connectivity index (χ0n) is 48.3.